The lowest BCUT2D eigenvalue weighted by Crippen LogP contribution is -2.60. The first kappa shape index (κ1) is 14.9. The number of carbonyl (C=O) groups excluding carboxylic acids is 1. The van der Waals surface area contributed by atoms with Crippen LogP contribution < -0.4 is 0 Å². The molecule has 4 nitrogen and oxygen atoms in total. The van der Waals surface area contributed by atoms with Gasteiger partial charge in [0.2, 0.25) is 5.91 Å². The van der Waals surface area contributed by atoms with Crippen LogP contribution in [0.1, 0.15) is 31.7 Å². The Kier molecular flexibility index (Phi) is 4.50. The van der Waals surface area contributed by atoms with Crippen LogP contribution in [0.5, 0.6) is 0 Å². The highest BCUT2D eigenvalue weighted by Crippen LogP contribution is 2.46. The summed E-state index contributed by atoms with van der Waals surface area (Å²) in [5.41, 5.74) is 1.17. The molecule has 0 saturated carbocycles. The number of nitrogens with zero attached hydrogens (tertiary/aromatic N) is 2. The summed E-state index contributed by atoms with van der Waals surface area (Å²) >= 11 is 1.98. The third-order valence-electron chi connectivity index (χ3n) is 4.18. The Balaban J connectivity index is 1.43. The summed E-state index contributed by atoms with van der Waals surface area (Å²) in [5.74, 6) is 1.35. The summed E-state index contributed by atoms with van der Waals surface area (Å²) in [6.07, 6.45) is 6.60. The van der Waals surface area contributed by atoms with Crippen LogP contribution in [0.25, 0.3) is 0 Å². The fourth-order valence-corrected chi connectivity index (χ4v) is 4.57. The number of thioether (sulfide) groups is 1. The smallest absolute Gasteiger partial charge is 0.222 e. The lowest BCUT2D eigenvalue weighted by molar-refractivity contribution is -0.136. The Morgan fingerprint density at radius 3 is 2.95 bits per heavy atom. The van der Waals surface area contributed by atoms with Crippen molar-refractivity contribution in [1.29, 1.82) is 0 Å². The number of hydrogen-bond donors (Lipinski definition) is 0. The number of ether oxygens (including phenoxy) is 1. The molecule has 2 saturated heterocycles. The summed E-state index contributed by atoms with van der Waals surface area (Å²) < 4.78 is 6.28. The minimum Gasteiger partial charge on any atom is -0.373 e. The summed E-state index contributed by atoms with van der Waals surface area (Å²) in [7, 11) is 0. The van der Waals surface area contributed by atoms with Crippen molar-refractivity contribution < 1.29 is 9.53 Å². The minimum atomic E-state index is 0.270. The van der Waals surface area contributed by atoms with Gasteiger partial charge in [-0.15, -0.1) is 11.8 Å². The highest BCUT2D eigenvalue weighted by atomic mass is 32.2. The van der Waals surface area contributed by atoms with Crippen LogP contribution in [0.4, 0.5) is 0 Å². The minimum absolute atomic E-state index is 0.270. The van der Waals surface area contributed by atoms with E-state index in [2.05, 4.69) is 11.9 Å². The Morgan fingerprint density at radius 2 is 2.24 bits per heavy atom. The van der Waals surface area contributed by atoms with Gasteiger partial charge in [0.25, 0.3) is 0 Å². The number of likely N-dealkylation sites (tertiary alicyclic amines) is 1. The third-order valence-corrected chi connectivity index (χ3v) is 5.76. The summed E-state index contributed by atoms with van der Waals surface area (Å²) in [6.45, 7) is 4.53. The molecule has 0 aromatic carbocycles. The monoisotopic (exact) mass is 306 g/mol. The molecule has 3 heterocycles. The Hall–Kier alpha value is -1.07. The number of rotatable bonds is 5. The lowest BCUT2D eigenvalue weighted by atomic mass is 9.92. The van der Waals surface area contributed by atoms with Crippen molar-refractivity contribution in [2.24, 2.45) is 0 Å². The Labute approximate surface area is 130 Å². The zero-order valence-electron chi connectivity index (χ0n) is 12.5. The van der Waals surface area contributed by atoms with Gasteiger partial charge < -0.3 is 9.64 Å². The van der Waals surface area contributed by atoms with E-state index in [1.54, 1.807) is 12.4 Å². The number of carbonyl (C=O) groups is 1. The van der Waals surface area contributed by atoms with Crippen LogP contribution in [0.3, 0.4) is 0 Å². The zero-order chi connectivity index (χ0) is 14.7. The van der Waals surface area contributed by atoms with Crippen LogP contribution >= 0.6 is 11.8 Å². The van der Waals surface area contributed by atoms with E-state index in [0.29, 0.717) is 25.0 Å². The molecule has 5 heteroatoms. The molecule has 21 heavy (non-hydrogen) atoms. The van der Waals surface area contributed by atoms with Crippen LogP contribution in [0, 0.1) is 0 Å². The van der Waals surface area contributed by atoms with Gasteiger partial charge in [-0.3, -0.25) is 9.78 Å². The summed E-state index contributed by atoms with van der Waals surface area (Å²) in [6, 6.07) is 3.98. The maximum absolute atomic E-state index is 11.8. The molecule has 1 atom stereocenters. The van der Waals surface area contributed by atoms with Gasteiger partial charge in [-0.2, -0.15) is 0 Å². The second-order valence-corrected chi connectivity index (χ2v) is 7.47. The van der Waals surface area contributed by atoms with Gasteiger partial charge in [0, 0.05) is 37.7 Å². The molecule has 3 rings (SSSR count). The molecule has 1 aromatic rings. The number of amides is 1. The fourth-order valence-electron chi connectivity index (χ4n) is 3.02. The SMILES string of the molecule is CCCC(=O)N1CC2(CC(OCc3ccncc3)CS2)C1. The van der Waals surface area contributed by atoms with Crippen LogP contribution in [-0.4, -0.2) is 45.5 Å². The average molecular weight is 306 g/mol. The van der Waals surface area contributed by atoms with E-state index in [4.69, 9.17) is 4.74 Å². The number of pyridine rings is 1. The Morgan fingerprint density at radius 1 is 1.48 bits per heavy atom. The standard InChI is InChI=1S/C16H22N2O2S/c1-2-3-15(19)18-11-16(12-18)8-14(10-21-16)20-9-13-4-6-17-7-5-13/h4-7,14H,2-3,8-12H2,1H3. The second kappa shape index (κ2) is 6.36. The molecule has 2 aliphatic rings. The lowest BCUT2D eigenvalue weighted by Gasteiger charge is -2.47. The zero-order valence-corrected chi connectivity index (χ0v) is 13.3. The van der Waals surface area contributed by atoms with Crippen LogP contribution in [-0.2, 0) is 16.1 Å². The normalized spacial score (nSPS) is 23.3. The van der Waals surface area contributed by atoms with Crippen LogP contribution in [0.2, 0.25) is 0 Å². The molecular formula is C16H22N2O2S. The van der Waals surface area contributed by atoms with E-state index < -0.39 is 0 Å². The van der Waals surface area contributed by atoms with Crippen molar-refractivity contribution in [3.63, 3.8) is 0 Å². The topological polar surface area (TPSA) is 42.4 Å². The molecule has 1 unspecified atom stereocenters. The first-order valence-corrected chi connectivity index (χ1v) is 8.61. The molecule has 1 aromatic heterocycles. The van der Waals surface area contributed by atoms with E-state index in [1.807, 2.05) is 28.8 Å². The molecule has 0 aliphatic carbocycles. The predicted molar refractivity (Wildman–Crippen MR) is 84.1 cm³/mol. The van der Waals surface area contributed by atoms with E-state index in [-0.39, 0.29) is 4.75 Å². The maximum Gasteiger partial charge on any atom is 0.222 e. The molecule has 114 valence electrons. The third kappa shape index (κ3) is 3.40. The number of aromatic nitrogens is 1. The molecule has 1 amide bonds. The van der Waals surface area contributed by atoms with Gasteiger partial charge in [-0.1, -0.05) is 6.92 Å². The maximum atomic E-state index is 11.8. The highest BCUT2D eigenvalue weighted by molar-refractivity contribution is 8.01. The van der Waals surface area contributed by atoms with Crippen molar-refractivity contribution in [3.05, 3.63) is 30.1 Å². The summed E-state index contributed by atoms with van der Waals surface area (Å²) in [4.78, 5) is 17.9. The Bertz CT molecular complexity index is 488. The van der Waals surface area contributed by atoms with E-state index in [0.717, 1.165) is 31.7 Å². The van der Waals surface area contributed by atoms with E-state index in [9.17, 15) is 4.79 Å². The van der Waals surface area contributed by atoms with Gasteiger partial charge in [-0.05, 0) is 30.5 Å². The van der Waals surface area contributed by atoms with Crippen molar-refractivity contribution in [2.75, 3.05) is 18.8 Å². The molecular weight excluding hydrogens is 284 g/mol. The van der Waals surface area contributed by atoms with Crippen molar-refractivity contribution >= 4 is 17.7 Å². The molecule has 0 N–H and O–H groups in total. The van der Waals surface area contributed by atoms with Gasteiger partial charge in [0.15, 0.2) is 0 Å². The fraction of sp³-hybridized carbons (Fsp3) is 0.625. The van der Waals surface area contributed by atoms with Gasteiger partial charge in [0.05, 0.1) is 17.5 Å². The first-order valence-electron chi connectivity index (χ1n) is 7.63. The molecule has 0 radical (unpaired) electrons. The van der Waals surface area contributed by atoms with Gasteiger partial charge in [-0.25, -0.2) is 0 Å². The van der Waals surface area contributed by atoms with E-state index >= 15 is 0 Å². The average Bonchev–Trinajstić information content (AvgIpc) is 2.89. The van der Waals surface area contributed by atoms with Crippen molar-refractivity contribution in [2.45, 2.75) is 43.6 Å². The first-order chi connectivity index (χ1) is 10.2. The van der Waals surface area contributed by atoms with Crippen molar-refractivity contribution in [1.82, 2.24) is 9.88 Å². The van der Waals surface area contributed by atoms with Gasteiger partial charge >= 0.3 is 0 Å². The number of hydrogen-bond acceptors (Lipinski definition) is 4. The largest absolute Gasteiger partial charge is 0.373 e. The molecule has 2 fully saturated rings. The quantitative estimate of drug-likeness (QED) is 0.838. The molecule has 2 aliphatic heterocycles. The highest BCUT2D eigenvalue weighted by Gasteiger charge is 2.50. The summed E-state index contributed by atoms with van der Waals surface area (Å²) in [5, 5.41) is 0. The predicted octanol–water partition coefficient (Wildman–Crippen LogP) is 2.48. The van der Waals surface area contributed by atoms with Crippen LogP contribution in [0.15, 0.2) is 24.5 Å². The molecule has 1 spiro atoms. The van der Waals surface area contributed by atoms with E-state index in [1.165, 1.54) is 5.56 Å². The second-order valence-electron chi connectivity index (χ2n) is 5.99. The van der Waals surface area contributed by atoms with Gasteiger partial charge in [0.1, 0.15) is 0 Å². The molecule has 0 bridgehead atoms. The van der Waals surface area contributed by atoms with Crippen molar-refractivity contribution in [3.8, 4) is 0 Å².